The summed E-state index contributed by atoms with van der Waals surface area (Å²) in [4.78, 5) is 35.6. The summed E-state index contributed by atoms with van der Waals surface area (Å²) in [5.74, 6) is -4.93. The van der Waals surface area contributed by atoms with E-state index < -0.39 is 86.0 Å². The van der Waals surface area contributed by atoms with E-state index in [1.54, 1.807) is 0 Å². The van der Waals surface area contributed by atoms with Crippen LogP contribution in [0, 0.1) is 5.92 Å². The summed E-state index contributed by atoms with van der Waals surface area (Å²) in [6, 6.07) is 4.35. The number of carbonyl (C=O) groups excluding carboxylic acids is 1. The number of esters is 1. The molecule has 1 aromatic rings. The van der Waals surface area contributed by atoms with Gasteiger partial charge in [0, 0.05) is 17.6 Å². The molecule has 1 fully saturated rings. The number of phenolic OH excluding ortho intramolecular Hbond substituents is 1. The Morgan fingerprint density at radius 2 is 1.80 bits per heavy atom. The number of rotatable bonds is 11. The number of hydrogen-bond acceptors (Lipinski definition) is 13. The zero-order chi connectivity index (χ0) is 30.3. The zero-order valence-electron chi connectivity index (χ0n) is 21.6. The van der Waals surface area contributed by atoms with E-state index in [-0.39, 0.29) is 17.1 Å². The maximum Gasteiger partial charge on any atom is 0.335 e. The summed E-state index contributed by atoms with van der Waals surface area (Å²) in [5, 5.41) is 68.4. The Labute approximate surface area is 232 Å². The topological polar surface area (TPSA) is 239 Å². The summed E-state index contributed by atoms with van der Waals surface area (Å²) in [6.07, 6.45) is -6.23. The number of aliphatic carboxylic acids is 2. The Morgan fingerprint density at radius 3 is 2.44 bits per heavy atom. The molecule has 0 spiro atoms. The molecule has 3 rings (SSSR count). The highest BCUT2D eigenvalue weighted by Crippen LogP contribution is 2.35. The Kier molecular flexibility index (Phi) is 10.8. The second kappa shape index (κ2) is 14.1. The van der Waals surface area contributed by atoms with E-state index in [4.69, 9.17) is 23.7 Å². The zero-order valence-corrected chi connectivity index (χ0v) is 21.6. The molecule has 0 unspecified atom stereocenters. The standard InChI is InChI=1S/C26H30O15/c1-37-17-8-12(2-4-16(17)28)3-5-20(31)38-7-6-13-14(9-19(29)30)15(24(35)36)11-39-25(13)41-26-23(34)22(33)21(32)18(10-27)40-26/h2-6,8,11,14,18,21-23,25-28,32-34H,7,9-10H2,1H3,(H,29,30)(H,35,36)/b5-3+,13-6-/t14-,18+,21+,22-,23+,25-,26-/m0/s1. The van der Waals surface area contributed by atoms with Gasteiger partial charge in [0.1, 0.15) is 31.0 Å². The van der Waals surface area contributed by atoms with Gasteiger partial charge in [-0.25, -0.2) is 9.59 Å². The van der Waals surface area contributed by atoms with Gasteiger partial charge in [-0.1, -0.05) is 6.07 Å². The SMILES string of the molecule is COc1cc(/C=C/C(=O)OC/C=C2\[C@H](O[C@@H]3O[C@H](CO)[C@@H](O)[C@H](O)[C@H]3O)OC=C(C(=O)O)[C@H]2CC(=O)O)ccc1O. The van der Waals surface area contributed by atoms with Gasteiger partial charge in [-0.15, -0.1) is 0 Å². The number of phenols is 1. The normalized spacial score (nSPS) is 29.0. The quantitative estimate of drug-likeness (QED) is 0.0952. The predicted molar refractivity (Wildman–Crippen MR) is 134 cm³/mol. The van der Waals surface area contributed by atoms with Crippen molar-refractivity contribution in [2.24, 2.45) is 5.92 Å². The predicted octanol–water partition coefficient (Wildman–Crippen LogP) is -0.884. The molecule has 2 aliphatic rings. The monoisotopic (exact) mass is 582 g/mol. The molecule has 41 heavy (non-hydrogen) atoms. The molecule has 2 aliphatic heterocycles. The Balaban J connectivity index is 1.82. The van der Waals surface area contributed by atoms with Crippen LogP contribution in [0.15, 0.2) is 47.8 Å². The summed E-state index contributed by atoms with van der Waals surface area (Å²) in [6.45, 7) is -1.23. The number of aliphatic hydroxyl groups is 4. The van der Waals surface area contributed by atoms with Gasteiger partial charge < -0.3 is 59.4 Å². The average molecular weight is 583 g/mol. The van der Waals surface area contributed by atoms with Gasteiger partial charge in [-0.2, -0.15) is 0 Å². The van der Waals surface area contributed by atoms with Gasteiger partial charge in [-0.3, -0.25) is 4.79 Å². The summed E-state index contributed by atoms with van der Waals surface area (Å²) in [7, 11) is 1.36. The number of hydrogen-bond donors (Lipinski definition) is 7. The first-order chi connectivity index (χ1) is 19.5. The molecule has 0 aliphatic carbocycles. The fraction of sp³-hybridized carbons (Fsp3) is 0.423. The van der Waals surface area contributed by atoms with Gasteiger partial charge in [0.15, 0.2) is 17.8 Å². The van der Waals surface area contributed by atoms with Crippen molar-refractivity contribution >= 4 is 24.0 Å². The molecule has 1 saturated heterocycles. The van der Waals surface area contributed by atoms with E-state index >= 15 is 0 Å². The number of carboxylic acids is 2. The largest absolute Gasteiger partial charge is 0.504 e. The third-order valence-corrected chi connectivity index (χ3v) is 6.26. The number of aliphatic hydroxyl groups excluding tert-OH is 4. The number of aromatic hydroxyl groups is 1. The van der Waals surface area contributed by atoms with E-state index in [0.717, 1.165) is 12.3 Å². The first-order valence-electron chi connectivity index (χ1n) is 12.1. The fourth-order valence-corrected chi connectivity index (χ4v) is 4.12. The summed E-state index contributed by atoms with van der Waals surface area (Å²) < 4.78 is 26.3. The lowest BCUT2D eigenvalue weighted by Gasteiger charge is -2.41. The molecule has 15 nitrogen and oxygen atoms in total. The van der Waals surface area contributed by atoms with Crippen molar-refractivity contribution < 1.29 is 73.8 Å². The third-order valence-electron chi connectivity index (χ3n) is 6.26. The van der Waals surface area contributed by atoms with E-state index in [1.807, 2.05) is 0 Å². The second-order valence-electron chi connectivity index (χ2n) is 8.93. The van der Waals surface area contributed by atoms with Crippen LogP contribution in [0.4, 0.5) is 0 Å². The number of benzene rings is 1. The minimum atomic E-state index is -1.83. The van der Waals surface area contributed by atoms with E-state index in [0.29, 0.717) is 5.56 Å². The number of carbonyl (C=O) groups is 3. The fourth-order valence-electron chi connectivity index (χ4n) is 4.12. The van der Waals surface area contributed by atoms with Gasteiger partial charge in [0.25, 0.3) is 0 Å². The van der Waals surface area contributed by atoms with Crippen LogP contribution < -0.4 is 4.74 Å². The molecule has 0 radical (unpaired) electrons. The summed E-state index contributed by atoms with van der Waals surface area (Å²) in [5.41, 5.74) is -0.0505. The molecular weight excluding hydrogens is 552 g/mol. The van der Waals surface area contributed by atoms with Gasteiger partial charge >= 0.3 is 17.9 Å². The van der Waals surface area contributed by atoms with E-state index in [9.17, 15) is 50.1 Å². The Hall–Kier alpha value is -3.99. The lowest BCUT2D eigenvalue weighted by molar-refractivity contribution is -0.327. The molecule has 7 atom stereocenters. The van der Waals surface area contributed by atoms with Crippen molar-refractivity contribution in [2.75, 3.05) is 20.3 Å². The van der Waals surface area contributed by atoms with E-state index in [1.165, 1.54) is 37.5 Å². The van der Waals surface area contributed by atoms with Crippen molar-refractivity contribution in [3.63, 3.8) is 0 Å². The number of methoxy groups -OCH3 is 1. The van der Waals surface area contributed by atoms with Crippen LogP contribution in [-0.2, 0) is 33.3 Å². The van der Waals surface area contributed by atoms with Crippen molar-refractivity contribution in [3.8, 4) is 11.5 Å². The molecule has 0 saturated carbocycles. The van der Waals surface area contributed by atoms with Crippen molar-refractivity contribution in [3.05, 3.63) is 53.3 Å². The molecule has 0 bridgehead atoms. The number of carboxylic acid groups (broad SMARTS) is 2. The Morgan fingerprint density at radius 1 is 1.07 bits per heavy atom. The molecule has 15 heteroatoms. The van der Waals surface area contributed by atoms with E-state index in [2.05, 4.69) is 0 Å². The molecule has 0 aromatic heterocycles. The highest BCUT2D eigenvalue weighted by molar-refractivity contribution is 5.89. The van der Waals surface area contributed by atoms with Crippen LogP contribution >= 0.6 is 0 Å². The summed E-state index contributed by atoms with van der Waals surface area (Å²) >= 11 is 0. The number of ether oxygens (including phenoxy) is 5. The molecular formula is C26H30O15. The van der Waals surface area contributed by atoms with Crippen molar-refractivity contribution in [1.29, 1.82) is 0 Å². The van der Waals surface area contributed by atoms with Crippen LogP contribution in [0.25, 0.3) is 6.08 Å². The van der Waals surface area contributed by atoms with Crippen LogP contribution in [-0.4, -0.2) is 111 Å². The van der Waals surface area contributed by atoms with Crippen LogP contribution in [0.1, 0.15) is 12.0 Å². The molecule has 1 aromatic carbocycles. The maximum atomic E-state index is 12.3. The molecule has 7 N–H and O–H groups in total. The van der Waals surface area contributed by atoms with Crippen molar-refractivity contribution in [2.45, 2.75) is 43.4 Å². The molecule has 224 valence electrons. The van der Waals surface area contributed by atoms with Crippen LogP contribution in [0.5, 0.6) is 11.5 Å². The van der Waals surface area contributed by atoms with Gasteiger partial charge in [-0.05, 0) is 29.8 Å². The molecule has 0 amide bonds. The minimum absolute atomic E-state index is 0.0975. The van der Waals surface area contributed by atoms with Crippen molar-refractivity contribution in [1.82, 2.24) is 0 Å². The first kappa shape index (κ1) is 31.5. The third kappa shape index (κ3) is 7.81. The first-order valence-corrected chi connectivity index (χ1v) is 12.1. The average Bonchev–Trinajstić information content (AvgIpc) is 2.93. The van der Waals surface area contributed by atoms with Crippen LogP contribution in [0.3, 0.4) is 0 Å². The Bertz CT molecular complexity index is 1200. The lowest BCUT2D eigenvalue weighted by Crippen LogP contribution is -2.60. The highest BCUT2D eigenvalue weighted by Gasteiger charge is 2.46. The highest BCUT2D eigenvalue weighted by atomic mass is 16.8. The van der Waals surface area contributed by atoms with Gasteiger partial charge in [0.05, 0.1) is 32.0 Å². The smallest absolute Gasteiger partial charge is 0.335 e. The molecule has 2 heterocycles. The lowest BCUT2D eigenvalue weighted by atomic mass is 9.86. The van der Waals surface area contributed by atoms with Crippen LogP contribution in [0.2, 0.25) is 0 Å². The second-order valence-corrected chi connectivity index (χ2v) is 8.93. The maximum absolute atomic E-state index is 12.3. The van der Waals surface area contributed by atoms with Gasteiger partial charge in [0.2, 0.25) is 6.29 Å². The minimum Gasteiger partial charge on any atom is -0.504 e.